The molecule has 1 heterocycles. The van der Waals surface area contributed by atoms with Crippen LogP contribution in [0.2, 0.25) is 0 Å². The first kappa shape index (κ1) is 14.8. The third-order valence-corrected chi connectivity index (χ3v) is 3.47. The number of carbonyl (C=O) groups excluding carboxylic acids is 1. The number of hydrogen-bond acceptors (Lipinski definition) is 4. The largest absolute Gasteiger partial charge is 0.493 e. The van der Waals surface area contributed by atoms with Crippen molar-refractivity contribution in [1.82, 2.24) is 10.6 Å². The van der Waals surface area contributed by atoms with Crippen molar-refractivity contribution in [3.63, 3.8) is 0 Å². The number of amides is 1. The Morgan fingerprint density at radius 1 is 1.50 bits per heavy atom. The molecule has 1 aliphatic heterocycles. The van der Waals surface area contributed by atoms with E-state index in [1.165, 1.54) is 5.56 Å². The molecule has 1 aromatic carbocycles. The molecule has 2 rings (SSSR count). The number of carbonyl (C=O) groups is 1. The van der Waals surface area contributed by atoms with Gasteiger partial charge in [-0.15, -0.1) is 0 Å². The Morgan fingerprint density at radius 2 is 2.30 bits per heavy atom. The van der Waals surface area contributed by atoms with Crippen molar-refractivity contribution >= 4 is 5.91 Å². The van der Waals surface area contributed by atoms with Crippen LogP contribution < -0.4 is 15.4 Å². The highest BCUT2D eigenvalue weighted by molar-refractivity contribution is 5.81. The molecule has 1 aromatic rings. The van der Waals surface area contributed by atoms with Gasteiger partial charge in [0.15, 0.2) is 0 Å². The number of ether oxygens (including phenoxy) is 2. The summed E-state index contributed by atoms with van der Waals surface area (Å²) in [6.07, 6.45) is 0. The van der Waals surface area contributed by atoms with E-state index < -0.39 is 0 Å². The molecule has 0 radical (unpaired) electrons. The van der Waals surface area contributed by atoms with Gasteiger partial charge in [-0.1, -0.05) is 18.2 Å². The van der Waals surface area contributed by atoms with Gasteiger partial charge in [-0.2, -0.15) is 0 Å². The van der Waals surface area contributed by atoms with Crippen molar-refractivity contribution < 1.29 is 14.3 Å². The number of hydrogen-bond donors (Lipinski definition) is 2. The van der Waals surface area contributed by atoms with Gasteiger partial charge in [0.1, 0.15) is 5.75 Å². The number of benzene rings is 1. The van der Waals surface area contributed by atoms with Crippen LogP contribution in [0.1, 0.15) is 18.4 Å². The van der Waals surface area contributed by atoms with Crippen LogP contribution in [-0.4, -0.2) is 45.4 Å². The number of fused-ring (bicyclic) bond motifs is 1. The normalized spacial score (nSPS) is 18.2. The lowest BCUT2D eigenvalue weighted by atomic mass is 10.0. The lowest BCUT2D eigenvalue weighted by Crippen LogP contribution is -2.44. The molecule has 0 aromatic heterocycles. The third kappa shape index (κ3) is 3.71. The molecule has 5 nitrogen and oxygen atoms in total. The van der Waals surface area contributed by atoms with Gasteiger partial charge in [-0.3, -0.25) is 4.79 Å². The van der Waals surface area contributed by atoms with Crippen LogP contribution in [0.3, 0.4) is 0 Å². The minimum atomic E-state index is -0.223. The molecule has 1 amide bonds. The van der Waals surface area contributed by atoms with Crippen LogP contribution in [0.5, 0.6) is 5.75 Å². The van der Waals surface area contributed by atoms with E-state index in [1.54, 1.807) is 7.11 Å². The highest BCUT2D eigenvalue weighted by atomic mass is 16.5. The monoisotopic (exact) mass is 278 g/mol. The average Bonchev–Trinajstić information content (AvgIpc) is 2.88. The van der Waals surface area contributed by atoms with Crippen molar-refractivity contribution in [3.8, 4) is 5.75 Å². The fourth-order valence-electron chi connectivity index (χ4n) is 2.24. The standard InChI is InChI=1S/C15H22N2O3/c1-11(15(18)16-7-8-19-2)17-9-12-10-20-14-6-4-3-5-13(12)14/h3-6,11-12,17H,7-10H2,1-2H3,(H,16,18). The predicted octanol–water partition coefficient (Wildman–Crippen LogP) is 0.903. The van der Waals surface area contributed by atoms with Crippen LogP contribution in [0.15, 0.2) is 24.3 Å². The summed E-state index contributed by atoms with van der Waals surface area (Å²) in [7, 11) is 1.62. The Balaban J connectivity index is 1.77. The second kappa shape index (κ2) is 7.26. The van der Waals surface area contributed by atoms with E-state index in [-0.39, 0.29) is 11.9 Å². The minimum Gasteiger partial charge on any atom is -0.493 e. The van der Waals surface area contributed by atoms with Crippen LogP contribution in [-0.2, 0) is 9.53 Å². The number of rotatable bonds is 7. The topological polar surface area (TPSA) is 59.6 Å². The Kier molecular flexibility index (Phi) is 5.38. The smallest absolute Gasteiger partial charge is 0.236 e. The maximum Gasteiger partial charge on any atom is 0.236 e. The van der Waals surface area contributed by atoms with Gasteiger partial charge in [-0.05, 0) is 13.0 Å². The highest BCUT2D eigenvalue weighted by Gasteiger charge is 2.24. The van der Waals surface area contributed by atoms with E-state index in [0.29, 0.717) is 25.7 Å². The Labute approximate surface area is 119 Å². The summed E-state index contributed by atoms with van der Waals surface area (Å²) in [6, 6.07) is 7.83. The molecule has 0 saturated heterocycles. The maximum absolute atomic E-state index is 11.8. The third-order valence-electron chi connectivity index (χ3n) is 3.47. The summed E-state index contributed by atoms with van der Waals surface area (Å²) in [4.78, 5) is 11.8. The summed E-state index contributed by atoms with van der Waals surface area (Å²) < 4.78 is 10.5. The van der Waals surface area contributed by atoms with E-state index in [2.05, 4.69) is 16.7 Å². The van der Waals surface area contributed by atoms with E-state index >= 15 is 0 Å². The van der Waals surface area contributed by atoms with E-state index in [1.807, 2.05) is 25.1 Å². The second-order valence-corrected chi connectivity index (χ2v) is 4.96. The average molecular weight is 278 g/mol. The summed E-state index contributed by atoms with van der Waals surface area (Å²) in [5.74, 6) is 1.26. The first-order valence-electron chi connectivity index (χ1n) is 6.94. The number of para-hydroxylation sites is 1. The Morgan fingerprint density at radius 3 is 3.10 bits per heavy atom. The van der Waals surface area contributed by atoms with Gasteiger partial charge < -0.3 is 20.1 Å². The van der Waals surface area contributed by atoms with Crippen molar-refractivity contribution in [3.05, 3.63) is 29.8 Å². The van der Waals surface area contributed by atoms with Gasteiger partial charge in [0.2, 0.25) is 5.91 Å². The summed E-state index contributed by atoms with van der Waals surface area (Å²) in [5, 5.41) is 6.08. The fraction of sp³-hybridized carbons (Fsp3) is 0.533. The molecule has 0 bridgehead atoms. The molecule has 2 unspecified atom stereocenters. The van der Waals surface area contributed by atoms with Crippen LogP contribution in [0, 0.1) is 0 Å². The van der Waals surface area contributed by atoms with Gasteiger partial charge in [-0.25, -0.2) is 0 Å². The SMILES string of the molecule is COCCNC(=O)C(C)NCC1COc2ccccc21. The first-order valence-corrected chi connectivity index (χ1v) is 6.94. The lowest BCUT2D eigenvalue weighted by Gasteiger charge is -2.16. The fourth-order valence-corrected chi connectivity index (χ4v) is 2.24. The summed E-state index contributed by atoms with van der Waals surface area (Å²) in [6.45, 7) is 4.34. The van der Waals surface area contributed by atoms with E-state index in [0.717, 1.165) is 12.3 Å². The molecule has 0 aliphatic carbocycles. The summed E-state index contributed by atoms with van der Waals surface area (Å²) in [5.41, 5.74) is 1.21. The zero-order chi connectivity index (χ0) is 14.4. The van der Waals surface area contributed by atoms with E-state index in [9.17, 15) is 4.79 Å². The van der Waals surface area contributed by atoms with Gasteiger partial charge in [0.25, 0.3) is 0 Å². The molecule has 0 spiro atoms. The summed E-state index contributed by atoms with van der Waals surface area (Å²) >= 11 is 0. The van der Waals surface area contributed by atoms with Gasteiger partial charge in [0, 0.05) is 31.7 Å². The zero-order valence-electron chi connectivity index (χ0n) is 12.0. The van der Waals surface area contributed by atoms with Crippen molar-refractivity contribution in [1.29, 1.82) is 0 Å². The zero-order valence-corrected chi connectivity index (χ0v) is 12.0. The molecule has 110 valence electrons. The van der Waals surface area contributed by atoms with Crippen molar-refractivity contribution in [2.75, 3.05) is 33.4 Å². The van der Waals surface area contributed by atoms with Crippen LogP contribution >= 0.6 is 0 Å². The highest BCUT2D eigenvalue weighted by Crippen LogP contribution is 2.32. The second-order valence-electron chi connectivity index (χ2n) is 4.96. The maximum atomic E-state index is 11.8. The molecular weight excluding hydrogens is 256 g/mol. The van der Waals surface area contributed by atoms with Crippen molar-refractivity contribution in [2.24, 2.45) is 0 Å². The molecule has 0 saturated carbocycles. The Bertz CT molecular complexity index is 450. The molecule has 20 heavy (non-hydrogen) atoms. The minimum absolute atomic E-state index is 0.00532. The molecule has 1 aliphatic rings. The van der Waals surface area contributed by atoms with Crippen LogP contribution in [0.25, 0.3) is 0 Å². The van der Waals surface area contributed by atoms with E-state index in [4.69, 9.17) is 9.47 Å². The van der Waals surface area contributed by atoms with Gasteiger partial charge >= 0.3 is 0 Å². The molecule has 0 fully saturated rings. The van der Waals surface area contributed by atoms with Crippen molar-refractivity contribution in [2.45, 2.75) is 18.9 Å². The predicted molar refractivity (Wildman–Crippen MR) is 77.0 cm³/mol. The number of methoxy groups -OCH3 is 1. The molecular formula is C15H22N2O3. The molecule has 5 heteroatoms. The van der Waals surface area contributed by atoms with Crippen LogP contribution in [0.4, 0.5) is 0 Å². The Hall–Kier alpha value is -1.59. The molecule has 2 N–H and O–H groups in total. The molecule has 2 atom stereocenters. The number of nitrogens with one attached hydrogen (secondary N) is 2. The quantitative estimate of drug-likeness (QED) is 0.728. The first-order chi connectivity index (χ1) is 9.72. The lowest BCUT2D eigenvalue weighted by molar-refractivity contribution is -0.122. The van der Waals surface area contributed by atoms with Gasteiger partial charge in [0.05, 0.1) is 19.3 Å².